The summed E-state index contributed by atoms with van der Waals surface area (Å²) in [5.74, 6) is 0. The Labute approximate surface area is 81.2 Å². The molecule has 0 aliphatic carbocycles. The van der Waals surface area contributed by atoms with Gasteiger partial charge in [-0.25, -0.2) is 4.98 Å². The number of rotatable bonds is 2. The van der Waals surface area contributed by atoms with Gasteiger partial charge in [-0.15, -0.1) is 0 Å². The van der Waals surface area contributed by atoms with Crippen molar-refractivity contribution in [3.63, 3.8) is 0 Å². The summed E-state index contributed by atoms with van der Waals surface area (Å²) in [6.07, 6.45) is 0.778. The molecule has 1 aromatic rings. The van der Waals surface area contributed by atoms with Crippen LogP contribution in [0.3, 0.4) is 0 Å². The van der Waals surface area contributed by atoms with Gasteiger partial charge in [-0.2, -0.15) is 0 Å². The number of aryl methyl sites for hydroxylation is 1. The first kappa shape index (κ1) is 9.42. The predicted octanol–water partition coefficient (Wildman–Crippen LogP) is 2.53. The van der Waals surface area contributed by atoms with Crippen molar-refractivity contribution in [2.45, 2.75) is 13.3 Å². The van der Waals surface area contributed by atoms with Crippen LogP contribution in [0, 0.1) is 0 Å². The van der Waals surface area contributed by atoms with E-state index in [9.17, 15) is 0 Å². The average Bonchev–Trinajstić information content (AvgIpc) is 2.04. The third-order valence-corrected chi connectivity index (χ3v) is 1.93. The number of aliphatic hydroxyl groups is 1. The molecule has 4 heteroatoms. The lowest BCUT2D eigenvalue weighted by atomic mass is 10.1. The van der Waals surface area contributed by atoms with Crippen molar-refractivity contribution in [1.29, 1.82) is 0 Å². The Morgan fingerprint density at radius 3 is 2.83 bits per heavy atom. The summed E-state index contributed by atoms with van der Waals surface area (Å²) in [6.45, 7) is 1.96. The fourth-order valence-corrected chi connectivity index (χ4v) is 1.26. The summed E-state index contributed by atoms with van der Waals surface area (Å²) in [5, 5.41) is 9.22. The Balaban J connectivity index is 3.21. The van der Waals surface area contributed by atoms with E-state index in [1.165, 1.54) is 0 Å². The maximum Gasteiger partial charge on any atom is 0.208 e. The van der Waals surface area contributed by atoms with Crippen molar-refractivity contribution in [3.05, 3.63) is 28.5 Å². The van der Waals surface area contributed by atoms with Gasteiger partial charge >= 0.3 is 0 Å². The SMILES string of the molecule is CCc1ccc(Cl)nc1C(O)=S. The first-order chi connectivity index (χ1) is 5.65. The van der Waals surface area contributed by atoms with Gasteiger partial charge in [-0.05, 0) is 30.3 Å². The van der Waals surface area contributed by atoms with Crippen LogP contribution in [0.15, 0.2) is 12.1 Å². The van der Waals surface area contributed by atoms with Crippen LogP contribution in [-0.4, -0.2) is 15.1 Å². The Morgan fingerprint density at radius 1 is 1.67 bits per heavy atom. The van der Waals surface area contributed by atoms with E-state index in [1.807, 2.05) is 13.0 Å². The molecule has 1 heterocycles. The number of hydrogen-bond acceptors (Lipinski definition) is 2. The van der Waals surface area contributed by atoms with E-state index in [4.69, 9.17) is 16.7 Å². The van der Waals surface area contributed by atoms with E-state index in [0.29, 0.717) is 10.8 Å². The first-order valence-corrected chi connectivity index (χ1v) is 4.32. The molecule has 0 saturated heterocycles. The second-order valence-corrected chi connectivity index (χ2v) is 3.07. The van der Waals surface area contributed by atoms with Crippen molar-refractivity contribution >= 4 is 28.9 Å². The van der Waals surface area contributed by atoms with Crippen molar-refractivity contribution < 1.29 is 5.11 Å². The molecule has 0 unspecified atom stereocenters. The minimum absolute atomic E-state index is 0.200. The number of hydrogen-bond donors (Lipinski definition) is 1. The molecule has 1 aromatic heterocycles. The van der Waals surface area contributed by atoms with Crippen molar-refractivity contribution in [3.8, 4) is 0 Å². The van der Waals surface area contributed by atoms with E-state index in [2.05, 4.69) is 17.2 Å². The summed E-state index contributed by atoms with van der Waals surface area (Å²) in [4.78, 5) is 3.92. The van der Waals surface area contributed by atoms with Gasteiger partial charge in [-0.3, -0.25) is 0 Å². The minimum Gasteiger partial charge on any atom is -0.497 e. The summed E-state index contributed by atoms with van der Waals surface area (Å²) >= 11 is 10.2. The highest BCUT2D eigenvalue weighted by Crippen LogP contribution is 2.12. The quantitative estimate of drug-likeness (QED) is 0.590. The normalized spacial score (nSPS) is 9.83. The lowest BCUT2D eigenvalue weighted by Gasteiger charge is -2.03. The number of nitrogens with zero attached hydrogens (tertiary/aromatic N) is 1. The van der Waals surface area contributed by atoms with Gasteiger partial charge < -0.3 is 5.11 Å². The second kappa shape index (κ2) is 3.83. The molecule has 0 spiro atoms. The van der Waals surface area contributed by atoms with Gasteiger partial charge in [-0.1, -0.05) is 24.6 Å². The molecule has 64 valence electrons. The molecule has 0 aliphatic rings. The number of halogens is 1. The molecular formula is C8H8ClNOS. The Kier molecular flexibility index (Phi) is 3.00. The molecule has 1 rings (SSSR count). The molecule has 2 nitrogen and oxygen atoms in total. The van der Waals surface area contributed by atoms with E-state index in [1.54, 1.807) is 6.07 Å². The fourth-order valence-electron chi connectivity index (χ4n) is 0.935. The topological polar surface area (TPSA) is 33.1 Å². The third kappa shape index (κ3) is 1.93. The summed E-state index contributed by atoms with van der Waals surface area (Å²) < 4.78 is 0. The number of aliphatic hydroxyl groups excluding tert-OH is 1. The molecule has 0 aromatic carbocycles. The lowest BCUT2D eigenvalue weighted by Crippen LogP contribution is -2.03. The predicted molar refractivity (Wildman–Crippen MR) is 53.0 cm³/mol. The van der Waals surface area contributed by atoms with Gasteiger partial charge in [0.25, 0.3) is 0 Å². The maximum atomic E-state index is 9.07. The molecule has 0 aliphatic heterocycles. The maximum absolute atomic E-state index is 9.07. The van der Waals surface area contributed by atoms with Gasteiger partial charge in [0.1, 0.15) is 10.8 Å². The number of pyridine rings is 1. The molecule has 0 amide bonds. The first-order valence-electron chi connectivity index (χ1n) is 3.54. The molecule has 0 bridgehead atoms. The van der Waals surface area contributed by atoms with Crippen LogP contribution in [0.4, 0.5) is 0 Å². The molecule has 1 N–H and O–H groups in total. The third-order valence-electron chi connectivity index (χ3n) is 1.53. The van der Waals surface area contributed by atoms with Crippen LogP contribution in [0.1, 0.15) is 18.2 Å². The Hall–Kier alpha value is -0.670. The van der Waals surface area contributed by atoms with E-state index >= 15 is 0 Å². The molecule has 12 heavy (non-hydrogen) atoms. The van der Waals surface area contributed by atoms with Crippen molar-refractivity contribution in [2.75, 3.05) is 0 Å². The summed E-state index contributed by atoms with van der Waals surface area (Å²) in [6, 6.07) is 3.50. The van der Waals surface area contributed by atoms with Gasteiger partial charge in [0, 0.05) is 0 Å². The van der Waals surface area contributed by atoms with Crippen molar-refractivity contribution in [2.24, 2.45) is 0 Å². The highest BCUT2D eigenvalue weighted by molar-refractivity contribution is 7.80. The van der Waals surface area contributed by atoms with Crippen LogP contribution in [-0.2, 0) is 6.42 Å². The lowest BCUT2D eigenvalue weighted by molar-refractivity contribution is 0.567. The zero-order valence-corrected chi connectivity index (χ0v) is 8.11. The van der Waals surface area contributed by atoms with E-state index in [0.717, 1.165) is 12.0 Å². The second-order valence-electron chi connectivity index (χ2n) is 2.30. The van der Waals surface area contributed by atoms with E-state index < -0.39 is 0 Å². The monoisotopic (exact) mass is 201 g/mol. The Morgan fingerprint density at radius 2 is 2.33 bits per heavy atom. The number of thiocarbonyl (C=S) groups is 1. The zero-order valence-electron chi connectivity index (χ0n) is 6.54. The molecule has 0 fully saturated rings. The van der Waals surface area contributed by atoms with Crippen molar-refractivity contribution in [1.82, 2.24) is 4.98 Å². The highest BCUT2D eigenvalue weighted by Gasteiger charge is 2.06. The zero-order chi connectivity index (χ0) is 9.14. The largest absolute Gasteiger partial charge is 0.497 e. The summed E-state index contributed by atoms with van der Waals surface area (Å²) in [5.41, 5.74) is 1.33. The number of aromatic nitrogens is 1. The summed E-state index contributed by atoms with van der Waals surface area (Å²) in [7, 11) is 0. The molecular weight excluding hydrogens is 194 g/mol. The highest BCUT2D eigenvalue weighted by atomic mass is 35.5. The van der Waals surface area contributed by atoms with Gasteiger partial charge in [0.15, 0.2) is 0 Å². The molecule has 0 atom stereocenters. The average molecular weight is 202 g/mol. The van der Waals surface area contributed by atoms with Crippen LogP contribution < -0.4 is 0 Å². The fraction of sp³-hybridized carbons (Fsp3) is 0.250. The standard InChI is InChI=1S/C8H8ClNOS/c1-2-5-3-4-6(9)10-7(5)8(11)12/h3-4H,2H2,1H3,(H,11,12). The smallest absolute Gasteiger partial charge is 0.208 e. The van der Waals surface area contributed by atoms with Gasteiger partial charge in [0.2, 0.25) is 5.05 Å². The van der Waals surface area contributed by atoms with Crippen LogP contribution in [0.5, 0.6) is 0 Å². The Bertz CT molecular complexity index is 314. The molecule has 0 radical (unpaired) electrons. The van der Waals surface area contributed by atoms with E-state index in [-0.39, 0.29) is 5.05 Å². The van der Waals surface area contributed by atoms with Crippen LogP contribution in [0.25, 0.3) is 0 Å². The van der Waals surface area contributed by atoms with Crippen LogP contribution in [0.2, 0.25) is 5.15 Å². The minimum atomic E-state index is -0.200. The van der Waals surface area contributed by atoms with Gasteiger partial charge in [0.05, 0.1) is 0 Å². The van der Waals surface area contributed by atoms with Crippen LogP contribution >= 0.6 is 23.8 Å². The molecule has 0 saturated carbocycles.